The second kappa shape index (κ2) is 10.8. The van der Waals surface area contributed by atoms with Crippen LogP contribution in [0, 0.1) is 0 Å². The third-order valence-electron chi connectivity index (χ3n) is 8.62. The first-order valence-corrected chi connectivity index (χ1v) is 20.0. The number of benzene rings is 6. The van der Waals surface area contributed by atoms with Gasteiger partial charge in [0.05, 0.1) is 0 Å². The Bertz CT molecular complexity index is 1770. The molecule has 0 spiro atoms. The Balaban J connectivity index is 1.49. The van der Waals surface area contributed by atoms with Gasteiger partial charge in [0, 0.05) is 0 Å². The number of hydrogen-bond donors (Lipinski definition) is 0. The molecule has 0 amide bonds. The molecule has 208 valence electrons. The molecule has 0 saturated carbocycles. The maximum absolute atomic E-state index is 7.58. The van der Waals surface area contributed by atoms with Crippen molar-refractivity contribution in [2.24, 2.45) is 0 Å². The Morgan fingerprint density at radius 2 is 0.721 bits per heavy atom. The molecule has 43 heavy (non-hydrogen) atoms. The normalized spacial score (nSPS) is 13.6. The van der Waals surface area contributed by atoms with E-state index in [-0.39, 0.29) is 7.25 Å². The van der Waals surface area contributed by atoms with E-state index in [9.17, 15) is 0 Å². The summed E-state index contributed by atoms with van der Waals surface area (Å²) >= 11 is 8.42. The van der Waals surface area contributed by atoms with E-state index in [2.05, 4.69) is 97.1 Å². The molecule has 0 unspecified atom stereocenters. The van der Waals surface area contributed by atoms with Crippen LogP contribution >= 0.6 is 23.2 Å². The Kier molecular flexibility index (Phi) is 6.79. The molecule has 0 aromatic heterocycles. The van der Waals surface area contributed by atoms with Crippen molar-refractivity contribution in [2.45, 2.75) is 7.25 Å². The van der Waals surface area contributed by atoms with Crippen LogP contribution in [0.1, 0.15) is 29.5 Å². The zero-order chi connectivity index (χ0) is 29.0. The average molecular weight is 677 g/mol. The Labute approximate surface area is 267 Å². The summed E-state index contributed by atoms with van der Waals surface area (Å²) in [6, 6.07) is 50.3. The van der Waals surface area contributed by atoms with Gasteiger partial charge in [-0.15, -0.1) is 0 Å². The van der Waals surface area contributed by atoms with Crippen molar-refractivity contribution < 1.29 is 26.8 Å². The van der Waals surface area contributed by atoms with Crippen LogP contribution in [-0.2, 0) is 21.1 Å². The van der Waals surface area contributed by atoms with Crippen molar-refractivity contribution in [1.29, 1.82) is 0 Å². The van der Waals surface area contributed by atoms with E-state index in [0.29, 0.717) is 21.5 Å². The molecule has 2 aliphatic carbocycles. The van der Waals surface area contributed by atoms with E-state index in [0.717, 1.165) is 0 Å². The fourth-order valence-electron chi connectivity index (χ4n) is 7.03. The van der Waals surface area contributed by atoms with Crippen molar-refractivity contribution in [3.8, 4) is 33.8 Å². The molecule has 0 bridgehead atoms. The van der Waals surface area contributed by atoms with Crippen LogP contribution in [0.2, 0.25) is 10.0 Å². The molecular formula is C38H26Cl2O2Zr. The van der Waals surface area contributed by atoms with E-state index in [1.165, 1.54) is 44.5 Å². The summed E-state index contributed by atoms with van der Waals surface area (Å²) in [5, 5.41) is 1.25. The number of halogens is 2. The summed E-state index contributed by atoms with van der Waals surface area (Å²) < 4.78 is 15.0. The van der Waals surface area contributed by atoms with Gasteiger partial charge in [0.2, 0.25) is 0 Å². The van der Waals surface area contributed by atoms with Crippen LogP contribution in [0.4, 0.5) is 0 Å². The maximum atomic E-state index is 7.58. The molecule has 0 heterocycles. The van der Waals surface area contributed by atoms with Gasteiger partial charge in [-0.1, -0.05) is 0 Å². The summed E-state index contributed by atoms with van der Waals surface area (Å²) in [4.78, 5) is 0. The minimum absolute atomic E-state index is 0.0936. The molecule has 8 rings (SSSR count). The Morgan fingerprint density at radius 1 is 0.395 bits per heavy atom. The molecule has 0 N–H and O–H groups in total. The van der Waals surface area contributed by atoms with Crippen molar-refractivity contribution in [2.75, 3.05) is 0 Å². The third kappa shape index (κ3) is 4.49. The first-order chi connectivity index (χ1) is 21.1. The third-order valence-corrected chi connectivity index (χ3v) is 18.8. The zero-order valence-corrected chi connectivity index (χ0v) is 27.1. The molecule has 0 radical (unpaired) electrons. The fraction of sp³-hybridized carbons (Fsp3) is 0.0526. The monoisotopic (exact) mass is 674 g/mol. The molecule has 0 saturated heterocycles. The average Bonchev–Trinajstić information content (AvgIpc) is 3.55. The van der Waals surface area contributed by atoms with Crippen molar-refractivity contribution in [3.05, 3.63) is 178 Å². The minimum atomic E-state index is -4.75. The van der Waals surface area contributed by atoms with Crippen LogP contribution in [0.3, 0.4) is 0 Å². The quantitative estimate of drug-likeness (QED) is 0.175. The first kappa shape index (κ1) is 27.0. The van der Waals surface area contributed by atoms with Gasteiger partial charge in [-0.2, -0.15) is 0 Å². The van der Waals surface area contributed by atoms with Gasteiger partial charge in [-0.3, -0.25) is 0 Å². The molecule has 5 heteroatoms. The van der Waals surface area contributed by atoms with Gasteiger partial charge in [0.1, 0.15) is 0 Å². The fourth-order valence-corrected chi connectivity index (χ4v) is 18.6. The van der Waals surface area contributed by atoms with Crippen LogP contribution in [0.15, 0.2) is 146 Å². The molecule has 6 aromatic rings. The summed E-state index contributed by atoms with van der Waals surface area (Å²) in [7, 11) is 0. The molecule has 0 aliphatic heterocycles. The predicted molar refractivity (Wildman–Crippen MR) is 172 cm³/mol. The number of fused-ring (bicyclic) bond motifs is 6. The summed E-state index contributed by atoms with van der Waals surface area (Å²) in [6.45, 7) is 0. The van der Waals surface area contributed by atoms with Crippen LogP contribution in [0.5, 0.6) is 11.5 Å². The van der Waals surface area contributed by atoms with Gasteiger partial charge in [-0.05, 0) is 0 Å². The molecule has 0 atom stereocenters. The molecule has 2 aliphatic rings. The Morgan fingerprint density at radius 3 is 1.05 bits per heavy atom. The molecule has 2 nitrogen and oxygen atoms in total. The van der Waals surface area contributed by atoms with Gasteiger partial charge in [0.25, 0.3) is 0 Å². The molecule has 6 aromatic carbocycles. The number of rotatable bonds is 6. The summed E-state index contributed by atoms with van der Waals surface area (Å²) in [5.41, 5.74) is 9.88. The second-order valence-electron chi connectivity index (χ2n) is 11.1. The predicted octanol–water partition coefficient (Wildman–Crippen LogP) is 11.0. The standard InChI is InChI=1S/2C13H9.2C6H5ClO.Zr/c2*1-3-7-12-10(5-1)9-11-6-2-4-8-13(11)12;2*7-5-2-1-3-6(8)4-5;/h2*1-9H;2*1-4,8H;/q;;;;+2/p-2. The van der Waals surface area contributed by atoms with Crippen LogP contribution < -0.4 is 5.63 Å². The van der Waals surface area contributed by atoms with E-state index < -0.39 is 21.1 Å². The zero-order valence-electron chi connectivity index (χ0n) is 23.1. The van der Waals surface area contributed by atoms with E-state index >= 15 is 0 Å². The SMILES string of the molecule is Clc1cccc([O][Zr]([O]c2cccc(Cl)c2)([CH]2c3ccccc3-c3ccccc32)[CH]2c3ccccc3-c3ccccc32)c1. The van der Waals surface area contributed by atoms with Crippen molar-refractivity contribution >= 4 is 23.2 Å². The van der Waals surface area contributed by atoms with E-state index in [1.54, 1.807) is 0 Å². The summed E-state index contributed by atoms with van der Waals surface area (Å²) in [6.07, 6.45) is 0. The van der Waals surface area contributed by atoms with Crippen LogP contribution in [0.25, 0.3) is 22.3 Å². The van der Waals surface area contributed by atoms with Gasteiger partial charge in [0.15, 0.2) is 0 Å². The van der Waals surface area contributed by atoms with E-state index in [1.807, 2.05) is 48.5 Å². The second-order valence-corrected chi connectivity index (χ2v) is 19.3. The molecular weight excluding hydrogens is 651 g/mol. The van der Waals surface area contributed by atoms with Crippen molar-refractivity contribution in [3.63, 3.8) is 0 Å². The van der Waals surface area contributed by atoms with Gasteiger partial charge in [-0.25, -0.2) is 0 Å². The van der Waals surface area contributed by atoms with Gasteiger partial charge >= 0.3 is 269 Å². The van der Waals surface area contributed by atoms with E-state index in [4.69, 9.17) is 28.8 Å². The number of hydrogen-bond acceptors (Lipinski definition) is 2. The van der Waals surface area contributed by atoms with Crippen molar-refractivity contribution in [1.82, 2.24) is 0 Å². The molecule has 0 fully saturated rings. The Hall–Kier alpha value is -3.62. The first-order valence-electron chi connectivity index (χ1n) is 14.4. The van der Waals surface area contributed by atoms with Gasteiger partial charge < -0.3 is 0 Å². The van der Waals surface area contributed by atoms with Crippen LogP contribution in [-0.4, -0.2) is 0 Å². The summed E-state index contributed by atoms with van der Waals surface area (Å²) in [5.74, 6) is 1.43. The topological polar surface area (TPSA) is 18.5 Å².